The standard InChI is InChI=1S/C13H21NO4/c1-9(2)8-17-5-4-14-7-11-6-10(3)12(18-11)13(15)16/h6,9,14H,4-5,7-8H2,1-3H3,(H,15,16). The maximum Gasteiger partial charge on any atom is 0.372 e. The first-order valence-electron chi connectivity index (χ1n) is 6.11. The molecular formula is C13H21NO4. The van der Waals surface area contributed by atoms with Gasteiger partial charge in [-0.25, -0.2) is 4.79 Å². The third-order valence-corrected chi connectivity index (χ3v) is 2.34. The van der Waals surface area contributed by atoms with Crippen LogP contribution in [0, 0.1) is 12.8 Å². The normalized spacial score (nSPS) is 11.1. The third-order valence-electron chi connectivity index (χ3n) is 2.34. The highest BCUT2D eigenvalue weighted by atomic mass is 16.5. The molecule has 1 rings (SSSR count). The summed E-state index contributed by atoms with van der Waals surface area (Å²) in [4.78, 5) is 10.8. The molecule has 0 atom stereocenters. The molecular weight excluding hydrogens is 234 g/mol. The monoisotopic (exact) mass is 255 g/mol. The summed E-state index contributed by atoms with van der Waals surface area (Å²) < 4.78 is 10.6. The number of furan rings is 1. The van der Waals surface area contributed by atoms with Crippen LogP contribution >= 0.6 is 0 Å². The second-order valence-corrected chi connectivity index (χ2v) is 4.68. The molecule has 0 saturated heterocycles. The first kappa shape index (κ1) is 14.7. The summed E-state index contributed by atoms with van der Waals surface area (Å²) in [5.74, 6) is 0.159. The minimum absolute atomic E-state index is 0.0165. The van der Waals surface area contributed by atoms with Crippen LogP contribution in [0.15, 0.2) is 10.5 Å². The number of carboxylic acids is 1. The summed E-state index contributed by atoms with van der Waals surface area (Å²) in [6.07, 6.45) is 0. The number of carbonyl (C=O) groups is 1. The maximum absolute atomic E-state index is 10.8. The quantitative estimate of drug-likeness (QED) is 0.696. The third kappa shape index (κ3) is 4.89. The molecule has 5 heteroatoms. The lowest BCUT2D eigenvalue weighted by atomic mass is 10.2. The van der Waals surface area contributed by atoms with Gasteiger partial charge in [0, 0.05) is 18.7 Å². The summed E-state index contributed by atoms with van der Waals surface area (Å²) in [7, 11) is 0. The molecule has 0 radical (unpaired) electrons. The fraction of sp³-hybridized carbons (Fsp3) is 0.615. The first-order valence-corrected chi connectivity index (χ1v) is 6.11. The molecule has 0 unspecified atom stereocenters. The highest BCUT2D eigenvalue weighted by Crippen LogP contribution is 2.14. The van der Waals surface area contributed by atoms with Gasteiger partial charge in [-0.3, -0.25) is 0 Å². The van der Waals surface area contributed by atoms with Gasteiger partial charge in [-0.2, -0.15) is 0 Å². The Kier molecular flexibility index (Phi) is 5.88. The number of hydrogen-bond acceptors (Lipinski definition) is 4. The zero-order valence-corrected chi connectivity index (χ0v) is 11.2. The Morgan fingerprint density at radius 2 is 2.28 bits per heavy atom. The Morgan fingerprint density at radius 1 is 1.56 bits per heavy atom. The van der Waals surface area contributed by atoms with Gasteiger partial charge in [0.05, 0.1) is 13.2 Å². The minimum Gasteiger partial charge on any atom is -0.475 e. The van der Waals surface area contributed by atoms with E-state index in [2.05, 4.69) is 19.2 Å². The van der Waals surface area contributed by atoms with Gasteiger partial charge in [0.1, 0.15) is 5.76 Å². The average Bonchev–Trinajstić information content (AvgIpc) is 2.64. The Bertz CT molecular complexity index is 384. The van der Waals surface area contributed by atoms with Crippen LogP contribution in [0.1, 0.15) is 35.7 Å². The first-order chi connectivity index (χ1) is 8.50. The van der Waals surface area contributed by atoms with Gasteiger partial charge in [-0.1, -0.05) is 13.8 Å². The van der Waals surface area contributed by atoms with Crippen molar-refractivity contribution in [1.29, 1.82) is 0 Å². The van der Waals surface area contributed by atoms with E-state index in [1.165, 1.54) is 0 Å². The predicted molar refractivity (Wildman–Crippen MR) is 67.8 cm³/mol. The summed E-state index contributed by atoms with van der Waals surface area (Å²) in [6.45, 7) is 8.56. The van der Waals surface area contributed by atoms with E-state index >= 15 is 0 Å². The zero-order valence-electron chi connectivity index (χ0n) is 11.2. The lowest BCUT2D eigenvalue weighted by molar-refractivity contribution is 0.0659. The lowest BCUT2D eigenvalue weighted by Crippen LogP contribution is -2.20. The molecule has 0 aliphatic carbocycles. The van der Waals surface area contributed by atoms with Crippen LogP contribution in [-0.2, 0) is 11.3 Å². The molecule has 1 heterocycles. The highest BCUT2D eigenvalue weighted by Gasteiger charge is 2.13. The molecule has 0 aliphatic rings. The van der Waals surface area contributed by atoms with Gasteiger partial charge < -0.3 is 19.6 Å². The molecule has 0 aromatic carbocycles. The summed E-state index contributed by atoms with van der Waals surface area (Å²) >= 11 is 0. The van der Waals surface area contributed by atoms with E-state index in [1.54, 1.807) is 13.0 Å². The number of aromatic carboxylic acids is 1. The second-order valence-electron chi connectivity index (χ2n) is 4.68. The molecule has 102 valence electrons. The number of aryl methyl sites for hydroxylation is 1. The smallest absolute Gasteiger partial charge is 0.372 e. The van der Waals surface area contributed by atoms with E-state index in [9.17, 15) is 4.79 Å². The van der Waals surface area contributed by atoms with Gasteiger partial charge in [0.2, 0.25) is 5.76 Å². The van der Waals surface area contributed by atoms with Crippen molar-refractivity contribution in [3.63, 3.8) is 0 Å². The van der Waals surface area contributed by atoms with E-state index in [4.69, 9.17) is 14.3 Å². The largest absolute Gasteiger partial charge is 0.475 e. The number of nitrogens with one attached hydrogen (secondary N) is 1. The molecule has 1 aromatic rings. The van der Waals surface area contributed by atoms with Crippen LogP contribution in [0.4, 0.5) is 0 Å². The van der Waals surface area contributed by atoms with E-state index < -0.39 is 5.97 Å². The molecule has 18 heavy (non-hydrogen) atoms. The maximum atomic E-state index is 10.8. The SMILES string of the molecule is Cc1cc(CNCCOCC(C)C)oc1C(=O)O. The molecule has 0 amide bonds. The highest BCUT2D eigenvalue weighted by molar-refractivity contribution is 5.86. The van der Waals surface area contributed by atoms with Crippen molar-refractivity contribution in [2.24, 2.45) is 5.92 Å². The van der Waals surface area contributed by atoms with E-state index in [1.807, 2.05) is 0 Å². The van der Waals surface area contributed by atoms with Crippen LogP contribution in [0.5, 0.6) is 0 Å². The van der Waals surface area contributed by atoms with Crippen LogP contribution in [-0.4, -0.2) is 30.8 Å². The Hall–Kier alpha value is -1.33. The number of ether oxygens (including phenoxy) is 1. The van der Waals surface area contributed by atoms with Crippen molar-refractivity contribution in [3.8, 4) is 0 Å². The Balaban J connectivity index is 2.23. The van der Waals surface area contributed by atoms with Gasteiger partial charge >= 0.3 is 5.97 Å². The van der Waals surface area contributed by atoms with Gasteiger partial charge in [0.25, 0.3) is 0 Å². The predicted octanol–water partition coefficient (Wildman–Crippen LogP) is 2.05. The van der Waals surface area contributed by atoms with E-state index in [-0.39, 0.29) is 5.76 Å². The van der Waals surface area contributed by atoms with Crippen molar-refractivity contribution in [3.05, 3.63) is 23.2 Å². The second kappa shape index (κ2) is 7.18. The van der Waals surface area contributed by atoms with Crippen molar-refractivity contribution >= 4 is 5.97 Å². The number of rotatable bonds is 8. The Morgan fingerprint density at radius 3 is 2.83 bits per heavy atom. The molecule has 0 bridgehead atoms. The van der Waals surface area contributed by atoms with Crippen LogP contribution in [0.25, 0.3) is 0 Å². The van der Waals surface area contributed by atoms with Crippen LogP contribution in [0.2, 0.25) is 0 Å². The van der Waals surface area contributed by atoms with Crippen molar-refractivity contribution in [2.75, 3.05) is 19.8 Å². The number of carboxylic acid groups (broad SMARTS) is 1. The molecule has 0 fully saturated rings. The van der Waals surface area contributed by atoms with Crippen molar-refractivity contribution in [2.45, 2.75) is 27.3 Å². The van der Waals surface area contributed by atoms with E-state index in [0.717, 1.165) is 13.2 Å². The topological polar surface area (TPSA) is 71.7 Å². The van der Waals surface area contributed by atoms with Crippen molar-refractivity contribution < 1.29 is 19.1 Å². The fourth-order valence-corrected chi connectivity index (χ4v) is 1.52. The molecule has 0 spiro atoms. The fourth-order valence-electron chi connectivity index (χ4n) is 1.52. The molecule has 2 N–H and O–H groups in total. The minimum atomic E-state index is -1.03. The average molecular weight is 255 g/mol. The molecule has 0 aliphatic heterocycles. The Labute approximate surface area is 107 Å². The summed E-state index contributed by atoms with van der Waals surface area (Å²) in [5.41, 5.74) is 0.648. The van der Waals surface area contributed by atoms with Crippen LogP contribution < -0.4 is 5.32 Å². The van der Waals surface area contributed by atoms with Gasteiger partial charge in [0.15, 0.2) is 0 Å². The number of hydrogen-bond donors (Lipinski definition) is 2. The molecule has 5 nitrogen and oxygen atoms in total. The zero-order chi connectivity index (χ0) is 13.5. The molecule has 0 saturated carbocycles. The van der Waals surface area contributed by atoms with Gasteiger partial charge in [-0.05, 0) is 18.9 Å². The lowest BCUT2D eigenvalue weighted by Gasteiger charge is -2.06. The van der Waals surface area contributed by atoms with Crippen LogP contribution in [0.3, 0.4) is 0 Å². The van der Waals surface area contributed by atoms with Crippen molar-refractivity contribution in [1.82, 2.24) is 5.32 Å². The summed E-state index contributed by atoms with van der Waals surface area (Å²) in [5, 5.41) is 12.0. The summed E-state index contributed by atoms with van der Waals surface area (Å²) in [6, 6.07) is 1.74. The van der Waals surface area contributed by atoms with Gasteiger partial charge in [-0.15, -0.1) is 0 Å². The van der Waals surface area contributed by atoms with E-state index in [0.29, 0.717) is 30.4 Å². The molecule has 1 aromatic heterocycles.